The summed E-state index contributed by atoms with van der Waals surface area (Å²) >= 11 is 0. The largest absolute Gasteiger partial charge is 0.370 e. The fourth-order valence-electron chi connectivity index (χ4n) is 3.17. The van der Waals surface area contributed by atoms with Gasteiger partial charge in [-0.15, -0.1) is 0 Å². The van der Waals surface area contributed by atoms with E-state index in [2.05, 4.69) is 32.0 Å². The van der Waals surface area contributed by atoms with Gasteiger partial charge in [0.1, 0.15) is 5.82 Å². The molecule has 1 aliphatic rings. The lowest BCUT2D eigenvalue weighted by molar-refractivity contribution is 0.252. The van der Waals surface area contributed by atoms with Crippen LogP contribution in [0.5, 0.6) is 0 Å². The minimum atomic E-state index is -0.204. The van der Waals surface area contributed by atoms with E-state index < -0.39 is 0 Å². The van der Waals surface area contributed by atoms with Crippen molar-refractivity contribution >= 4 is 28.4 Å². The molecule has 0 unspecified atom stereocenters. The Hall–Kier alpha value is -3.02. The van der Waals surface area contributed by atoms with Crippen LogP contribution in [0.1, 0.15) is 17.7 Å². The van der Waals surface area contributed by atoms with Crippen molar-refractivity contribution in [2.24, 2.45) is 0 Å². The first kappa shape index (κ1) is 15.5. The molecule has 4 rings (SSSR count). The Morgan fingerprint density at radius 1 is 1.20 bits per heavy atom. The number of pyridine rings is 1. The lowest BCUT2D eigenvalue weighted by Gasteiger charge is -2.17. The van der Waals surface area contributed by atoms with Crippen LogP contribution in [0.2, 0.25) is 0 Å². The van der Waals surface area contributed by atoms with E-state index in [4.69, 9.17) is 0 Å². The van der Waals surface area contributed by atoms with Crippen LogP contribution >= 0.6 is 0 Å². The first-order chi connectivity index (χ1) is 12.3. The average Bonchev–Trinajstić information content (AvgIpc) is 3.11. The molecule has 0 aliphatic carbocycles. The van der Waals surface area contributed by atoms with Crippen molar-refractivity contribution in [1.29, 1.82) is 0 Å². The number of anilines is 2. The third kappa shape index (κ3) is 3.42. The number of hydrogen-bond acceptors (Lipinski definition) is 3. The minimum absolute atomic E-state index is 0.204. The number of carbonyl (C=O) groups is 1. The monoisotopic (exact) mass is 335 g/mol. The lowest BCUT2D eigenvalue weighted by Crippen LogP contribution is -2.30. The van der Waals surface area contributed by atoms with Gasteiger partial charge in [-0.3, -0.25) is 0 Å². The third-order valence-electron chi connectivity index (χ3n) is 4.46. The highest BCUT2D eigenvalue weighted by molar-refractivity contribution is 6.00. The Morgan fingerprint density at radius 3 is 3.12 bits per heavy atom. The number of amides is 2. The van der Waals surface area contributed by atoms with Crippen LogP contribution in [0.3, 0.4) is 0 Å². The quantitative estimate of drug-likeness (QED) is 0.590. The smallest absolute Gasteiger partial charge is 0.319 e. The molecule has 128 valence electrons. The molecular weight excluding hydrogens is 314 g/mol. The number of fused-ring (bicyclic) bond motifs is 2. The molecule has 0 saturated heterocycles. The normalized spacial score (nSPS) is 13.1. The molecule has 3 heterocycles. The van der Waals surface area contributed by atoms with Gasteiger partial charge >= 0.3 is 6.03 Å². The van der Waals surface area contributed by atoms with Crippen LogP contribution < -0.4 is 16.0 Å². The maximum Gasteiger partial charge on any atom is 0.319 e. The number of benzene rings is 1. The van der Waals surface area contributed by atoms with E-state index in [9.17, 15) is 4.79 Å². The van der Waals surface area contributed by atoms with Gasteiger partial charge in [0.25, 0.3) is 0 Å². The molecule has 0 fully saturated rings. The molecule has 0 saturated carbocycles. The zero-order valence-corrected chi connectivity index (χ0v) is 13.9. The summed E-state index contributed by atoms with van der Waals surface area (Å²) in [6, 6.07) is 11.7. The second-order valence-corrected chi connectivity index (χ2v) is 6.22. The van der Waals surface area contributed by atoms with Gasteiger partial charge in [0.2, 0.25) is 0 Å². The summed E-state index contributed by atoms with van der Waals surface area (Å²) in [6.45, 7) is 1.52. The molecule has 0 atom stereocenters. The summed E-state index contributed by atoms with van der Waals surface area (Å²) in [6.07, 6.45) is 4.81. The molecule has 4 N–H and O–H groups in total. The highest BCUT2D eigenvalue weighted by Gasteiger charge is 2.10. The summed E-state index contributed by atoms with van der Waals surface area (Å²) in [5.41, 5.74) is 4.07. The molecule has 1 aliphatic heterocycles. The summed E-state index contributed by atoms with van der Waals surface area (Å²) in [4.78, 5) is 19.9. The second kappa shape index (κ2) is 6.84. The van der Waals surface area contributed by atoms with Crippen LogP contribution in [-0.2, 0) is 12.8 Å². The number of aromatic nitrogens is 2. The molecule has 3 aromatic rings. The van der Waals surface area contributed by atoms with Crippen LogP contribution in [0.4, 0.5) is 16.3 Å². The van der Waals surface area contributed by atoms with Gasteiger partial charge in [-0.2, -0.15) is 0 Å². The standard InChI is InChI=1S/C19H21N5O/c25-19(24-17-5-1-4-16-15(17)9-12-20-16)22-11-8-14-7-6-13-3-2-10-21-18(13)23-14/h1,4-7,9,12,20H,2-3,8,10-11H2,(H,21,23)(H2,22,24,25). The van der Waals surface area contributed by atoms with E-state index in [1.165, 1.54) is 5.56 Å². The average molecular weight is 335 g/mol. The zero-order chi connectivity index (χ0) is 17.1. The fourth-order valence-corrected chi connectivity index (χ4v) is 3.17. The number of urea groups is 1. The molecule has 6 nitrogen and oxygen atoms in total. The van der Waals surface area contributed by atoms with E-state index in [0.29, 0.717) is 13.0 Å². The van der Waals surface area contributed by atoms with Crippen LogP contribution in [-0.4, -0.2) is 29.1 Å². The van der Waals surface area contributed by atoms with Crippen molar-refractivity contribution in [3.05, 3.63) is 53.9 Å². The predicted molar refractivity (Wildman–Crippen MR) is 100 cm³/mol. The molecule has 0 radical (unpaired) electrons. The summed E-state index contributed by atoms with van der Waals surface area (Å²) in [5.74, 6) is 0.993. The number of nitrogens with one attached hydrogen (secondary N) is 4. The molecule has 25 heavy (non-hydrogen) atoms. The van der Waals surface area contributed by atoms with Crippen LogP contribution in [0.15, 0.2) is 42.6 Å². The highest BCUT2D eigenvalue weighted by Crippen LogP contribution is 2.22. The van der Waals surface area contributed by atoms with Crippen molar-refractivity contribution < 1.29 is 4.79 Å². The van der Waals surface area contributed by atoms with Gasteiger partial charge in [-0.1, -0.05) is 12.1 Å². The molecule has 1 aromatic carbocycles. The van der Waals surface area contributed by atoms with Crippen molar-refractivity contribution in [1.82, 2.24) is 15.3 Å². The van der Waals surface area contributed by atoms with E-state index in [1.807, 2.05) is 36.5 Å². The SMILES string of the molecule is O=C(NCCc1ccc2c(n1)NCCC2)Nc1cccc2[nH]ccc12. The Morgan fingerprint density at radius 2 is 2.16 bits per heavy atom. The van der Waals surface area contributed by atoms with Crippen molar-refractivity contribution in [3.8, 4) is 0 Å². The molecule has 6 heteroatoms. The fraction of sp³-hybridized carbons (Fsp3) is 0.263. The lowest BCUT2D eigenvalue weighted by atomic mass is 10.1. The van der Waals surface area contributed by atoms with Gasteiger partial charge < -0.3 is 20.9 Å². The molecular formula is C19H21N5O. The van der Waals surface area contributed by atoms with E-state index in [-0.39, 0.29) is 6.03 Å². The number of aryl methyl sites for hydroxylation is 1. The number of hydrogen-bond donors (Lipinski definition) is 4. The molecule has 0 spiro atoms. The van der Waals surface area contributed by atoms with E-state index in [0.717, 1.165) is 47.5 Å². The maximum absolute atomic E-state index is 12.1. The van der Waals surface area contributed by atoms with Gasteiger partial charge in [0, 0.05) is 42.3 Å². The predicted octanol–water partition coefficient (Wildman–Crippen LogP) is 3.29. The highest BCUT2D eigenvalue weighted by atomic mass is 16.2. The van der Waals surface area contributed by atoms with Gasteiger partial charge in [-0.25, -0.2) is 9.78 Å². The minimum Gasteiger partial charge on any atom is -0.370 e. The third-order valence-corrected chi connectivity index (χ3v) is 4.46. The number of aromatic amines is 1. The molecule has 2 amide bonds. The topological polar surface area (TPSA) is 81.8 Å². The van der Waals surface area contributed by atoms with E-state index in [1.54, 1.807) is 0 Å². The molecule has 2 aromatic heterocycles. The van der Waals surface area contributed by atoms with Crippen molar-refractivity contribution in [2.45, 2.75) is 19.3 Å². The van der Waals surface area contributed by atoms with Gasteiger partial charge in [0.05, 0.1) is 5.69 Å². The Balaban J connectivity index is 1.32. The summed E-state index contributed by atoms with van der Waals surface area (Å²) < 4.78 is 0. The Labute approximate surface area is 146 Å². The van der Waals surface area contributed by atoms with Gasteiger partial charge in [0.15, 0.2) is 0 Å². The number of carbonyl (C=O) groups excluding carboxylic acids is 1. The summed E-state index contributed by atoms with van der Waals surface area (Å²) in [5, 5.41) is 10.1. The van der Waals surface area contributed by atoms with Gasteiger partial charge in [-0.05, 0) is 42.7 Å². The summed E-state index contributed by atoms with van der Waals surface area (Å²) in [7, 11) is 0. The Kier molecular flexibility index (Phi) is 4.24. The van der Waals surface area contributed by atoms with E-state index >= 15 is 0 Å². The number of rotatable bonds is 4. The zero-order valence-electron chi connectivity index (χ0n) is 13.9. The van der Waals surface area contributed by atoms with Crippen molar-refractivity contribution in [3.63, 3.8) is 0 Å². The van der Waals surface area contributed by atoms with Crippen LogP contribution in [0, 0.1) is 0 Å². The maximum atomic E-state index is 12.1. The first-order valence-corrected chi connectivity index (χ1v) is 8.63. The molecule has 0 bridgehead atoms. The number of H-pyrrole nitrogens is 1. The Bertz CT molecular complexity index is 902. The number of nitrogens with zero attached hydrogens (tertiary/aromatic N) is 1. The van der Waals surface area contributed by atoms with Crippen LogP contribution in [0.25, 0.3) is 10.9 Å². The second-order valence-electron chi connectivity index (χ2n) is 6.22. The van der Waals surface area contributed by atoms with Crippen molar-refractivity contribution in [2.75, 3.05) is 23.7 Å². The first-order valence-electron chi connectivity index (χ1n) is 8.63.